The molecule has 100 valence electrons. The van der Waals surface area contributed by atoms with Gasteiger partial charge >= 0.3 is 0 Å². The third-order valence-electron chi connectivity index (χ3n) is 2.58. The molecule has 1 atom stereocenters. The quantitative estimate of drug-likeness (QED) is 0.816. The molecule has 1 unspecified atom stereocenters. The van der Waals surface area contributed by atoms with E-state index in [1.54, 1.807) is 30.3 Å². The molecule has 0 fully saturated rings. The Hall–Kier alpha value is -0.930. The molecule has 19 heavy (non-hydrogen) atoms. The van der Waals surface area contributed by atoms with Crippen molar-refractivity contribution in [3.05, 3.63) is 57.0 Å². The third kappa shape index (κ3) is 3.54. The summed E-state index contributed by atoms with van der Waals surface area (Å²) in [6.07, 6.45) is 0. The molecular formula is C14H12Cl3NO. The molecule has 0 heterocycles. The van der Waals surface area contributed by atoms with E-state index in [1.165, 1.54) is 0 Å². The van der Waals surface area contributed by atoms with Crippen molar-refractivity contribution in [1.82, 2.24) is 0 Å². The van der Waals surface area contributed by atoms with E-state index in [0.717, 1.165) is 5.56 Å². The SMILES string of the molecule is CC(N)c1ccc(Oc2cc(Cl)ccc2Cl)cc1Cl. The van der Waals surface area contributed by atoms with Crippen LogP contribution >= 0.6 is 34.8 Å². The van der Waals surface area contributed by atoms with Crippen LogP contribution in [0.25, 0.3) is 0 Å². The van der Waals surface area contributed by atoms with E-state index in [1.807, 2.05) is 13.0 Å². The summed E-state index contributed by atoms with van der Waals surface area (Å²) in [5.74, 6) is 1.07. The van der Waals surface area contributed by atoms with E-state index >= 15 is 0 Å². The largest absolute Gasteiger partial charge is 0.456 e. The van der Waals surface area contributed by atoms with E-state index in [4.69, 9.17) is 45.3 Å². The Kier molecular flexibility index (Phi) is 4.58. The molecule has 2 aromatic rings. The highest BCUT2D eigenvalue weighted by molar-refractivity contribution is 6.34. The van der Waals surface area contributed by atoms with Crippen LogP contribution in [-0.4, -0.2) is 0 Å². The zero-order chi connectivity index (χ0) is 14.0. The summed E-state index contributed by atoms with van der Waals surface area (Å²) in [6, 6.07) is 10.2. The van der Waals surface area contributed by atoms with Crippen molar-refractivity contribution < 1.29 is 4.74 Å². The fourth-order valence-electron chi connectivity index (χ4n) is 1.62. The molecule has 0 radical (unpaired) electrons. The van der Waals surface area contributed by atoms with Gasteiger partial charge in [-0.2, -0.15) is 0 Å². The lowest BCUT2D eigenvalue weighted by Crippen LogP contribution is -2.05. The minimum absolute atomic E-state index is 0.128. The van der Waals surface area contributed by atoms with Gasteiger partial charge in [0.1, 0.15) is 11.5 Å². The van der Waals surface area contributed by atoms with Crippen LogP contribution in [0.4, 0.5) is 0 Å². The minimum Gasteiger partial charge on any atom is -0.456 e. The highest BCUT2D eigenvalue weighted by Gasteiger charge is 2.09. The second-order valence-electron chi connectivity index (χ2n) is 4.15. The summed E-state index contributed by atoms with van der Waals surface area (Å²) >= 11 is 18.1. The molecule has 0 aliphatic rings. The first-order valence-corrected chi connectivity index (χ1v) is 6.78. The lowest BCUT2D eigenvalue weighted by Gasteiger charge is -2.12. The lowest BCUT2D eigenvalue weighted by atomic mass is 10.1. The first kappa shape index (κ1) is 14.5. The Morgan fingerprint density at radius 3 is 2.37 bits per heavy atom. The van der Waals surface area contributed by atoms with Crippen LogP contribution in [0.1, 0.15) is 18.5 Å². The van der Waals surface area contributed by atoms with Gasteiger partial charge in [-0.1, -0.05) is 40.9 Å². The van der Waals surface area contributed by atoms with Gasteiger partial charge in [-0.3, -0.25) is 0 Å². The van der Waals surface area contributed by atoms with Crippen molar-refractivity contribution in [2.75, 3.05) is 0 Å². The van der Waals surface area contributed by atoms with Crippen LogP contribution in [0.3, 0.4) is 0 Å². The molecule has 0 aliphatic heterocycles. The lowest BCUT2D eigenvalue weighted by molar-refractivity contribution is 0.482. The summed E-state index contributed by atoms with van der Waals surface area (Å²) in [5.41, 5.74) is 6.66. The average molecular weight is 317 g/mol. The van der Waals surface area contributed by atoms with Crippen LogP contribution in [0.2, 0.25) is 15.1 Å². The smallest absolute Gasteiger partial charge is 0.147 e. The number of hydrogen-bond donors (Lipinski definition) is 1. The third-order valence-corrected chi connectivity index (χ3v) is 3.46. The Balaban J connectivity index is 2.29. The van der Waals surface area contributed by atoms with Gasteiger partial charge in [0.15, 0.2) is 0 Å². The van der Waals surface area contributed by atoms with Crippen LogP contribution in [0, 0.1) is 0 Å². The number of nitrogens with two attached hydrogens (primary N) is 1. The van der Waals surface area contributed by atoms with Crippen molar-refractivity contribution >= 4 is 34.8 Å². The second kappa shape index (κ2) is 6.02. The van der Waals surface area contributed by atoms with Crippen molar-refractivity contribution in [1.29, 1.82) is 0 Å². The highest BCUT2D eigenvalue weighted by Crippen LogP contribution is 2.34. The van der Waals surface area contributed by atoms with Crippen molar-refractivity contribution in [3.8, 4) is 11.5 Å². The molecular weight excluding hydrogens is 305 g/mol. The summed E-state index contributed by atoms with van der Waals surface area (Å²) in [6.45, 7) is 1.87. The van der Waals surface area contributed by atoms with Crippen LogP contribution in [-0.2, 0) is 0 Å². The first-order valence-electron chi connectivity index (χ1n) is 5.65. The van der Waals surface area contributed by atoms with E-state index in [-0.39, 0.29) is 6.04 Å². The average Bonchev–Trinajstić information content (AvgIpc) is 2.33. The maximum absolute atomic E-state index is 6.14. The van der Waals surface area contributed by atoms with Gasteiger partial charge in [-0.15, -0.1) is 0 Å². The highest BCUT2D eigenvalue weighted by atomic mass is 35.5. The topological polar surface area (TPSA) is 35.2 Å². The number of ether oxygens (including phenoxy) is 1. The first-order chi connectivity index (χ1) is 8.97. The minimum atomic E-state index is -0.128. The normalized spacial score (nSPS) is 12.3. The molecule has 2 N–H and O–H groups in total. The number of hydrogen-bond acceptors (Lipinski definition) is 2. The molecule has 0 aliphatic carbocycles. The molecule has 0 bridgehead atoms. The van der Waals surface area contributed by atoms with Gasteiger partial charge in [0.05, 0.1) is 5.02 Å². The number of halogens is 3. The fourth-order valence-corrected chi connectivity index (χ4v) is 2.28. The monoisotopic (exact) mass is 315 g/mol. The van der Waals surface area contributed by atoms with Gasteiger partial charge in [-0.05, 0) is 36.8 Å². The van der Waals surface area contributed by atoms with E-state index in [2.05, 4.69) is 0 Å². The van der Waals surface area contributed by atoms with Crippen LogP contribution in [0.5, 0.6) is 11.5 Å². The van der Waals surface area contributed by atoms with Crippen molar-refractivity contribution in [2.24, 2.45) is 5.73 Å². The maximum atomic E-state index is 6.14. The summed E-state index contributed by atoms with van der Waals surface area (Å²) in [4.78, 5) is 0. The Morgan fingerprint density at radius 2 is 1.74 bits per heavy atom. The van der Waals surface area contributed by atoms with Gasteiger partial charge in [-0.25, -0.2) is 0 Å². The van der Waals surface area contributed by atoms with Gasteiger partial charge in [0, 0.05) is 22.2 Å². The van der Waals surface area contributed by atoms with Crippen LogP contribution in [0.15, 0.2) is 36.4 Å². The zero-order valence-corrected chi connectivity index (χ0v) is 12.4. The molecule has 0 aromatic heterocycles. The molecule has 5 heteroatoms. The Morgan fingerprint density at radius 1 is 1.00 bits per heavy atom. The summed E-state index contributed by atoms with van der Waals surface area (Å²) < 4.78 is 5.66. The van der Waals surface area contributed by atoms with Gasteiger partial charge in [0.2, 0.25) is 0 Å². The van der Waals surface area contributed by atoms with Crippen molar-refractivity contribution in [3.63, 3.8) is 0 Å². The zero-order valence-electron chi connectivity index (χ0n) is 10.2. The maximum Gasteiger partial charge on any atom is 0.147 e. The summed E-state index contributed by atoms with van der Waals surface area (Å²) in [5, 5.41) is 1.60. The van der Waals surface area contributed by atoms with Gasteiger partial charge < -0.3 is 10.5 Å². The second-order valence-corrected chi connectivity index (χ2v) is 5.40. The Labute approximate surface area is 127 Å². The standard InChI is InChI=1S/C14H12Cl3NO/c1-8(18)11-4-3-10(7-13(11)17)19-14-6-9(15)2-5-12(14)16/h2-8H,18H2,1H3. The molecule has 0 saturated carbocycles. The van der Waals surface area contributed by atoms with Crippen molar-refractivity contribution in [2.45, 2.75) is 13.0 Å². The van der Waals surface area contributed by atoms with E-state index < -0.39 is 0 Å². The molecule has 2 aromatic carbocycles. The predicted octanol–water partition coefficient (Wildman–Crippen LogP) is 5.46. The molecule has 2 nitrogen and oxygen atoms in total. The molecule has 2 rings (SSSR count). The predicted molar refractivity (Wildman–Crippen MR) is 80.6 cm³/mol. The van der Waals surface area contributed by atoms with Crippen LogP contribution < -0.4 is 10.5 Å². The molecule has 0 amide bonds. The van der Waals surface area contributed by atoms with E-state index in [0.29, 0.717) is 26.6 Å². The number of benzene rings is 2. The number of rotatable bonds is 3. The fraction of sp³-hybridized carbons (Fsp3) is 0.143. The van der Waals surface area contributed by atoms with Gasteiger partial charge in [0.25, 0.3) is 0 Å². The Bertz CT molecular complexity index is 599. The molecule has 0 saturated heterocycles. The van der Waals surface area contributed by atoms with E-state index in [9.17, 15) is 0 Å². The molecule has 0 spiro atoms. The summed E-state index contributed by atoms with van der Waals surface area (Å²) in [7, 11) is 0.